The molecular weight excluding hydrogens is 326 g/mol. The highest BCUT2D eigenvalue weighted by Crippen LogP contribution is 2.29. The Morgan fingerprint density at radius 2 is 2.10 bits per heavy atom. The topological polar surface area (TPSA) is 28.2 Å². The van der Waals surface area contributed by atoms with E-state index in [4.69, 9.17) is 0 Å². The standard InChI is InChI=1S/C17H22BrN3/c1-12-10-16(14-4-3-5-15(18)17(14)20-12)19-11-13-6-8-21(2)9-7-13/h3-5,10,13H,6-9,11H2,1-2H3,(H,19,20). The third kappa shape index (κ3) is 3.38. The van der Waals surface area contributed by atoms with Crippen molar-refractivity contribution < 1.29 is 0 Å². The number of aromatic nitrogens is 1. The lowest BCUT2D eigenvalue weighted by molar-refractivity contribution is 0.226. The van der Waals surface area contributed by atoms with Crippen molar-refractivity contribution in [2.75, 3.05) is 32.0 Å². The third-order valence-electron chi connectivity index (χ3n) is 4.34. The molecule has 0 saturated carbocycles. The molecule has 2 heterocycles. The Balaban J connectivity index is 1.79. The molecule has 3 rings (SSSR count). The van der Waals surface area contributed by atoms with Gasteiger partial charge in [0.15, 0.2) is 0 Å². The van der Waals surface area contributed by atoms with Crippen LogP contribution in [0.15, 0.2) is 28.7 Å². The quantitative estimate of drug-likeness (QED) is 0.907. The smallest absolute Gasteiger partial charge is 0.0867 e. The van der Waals surface area contributed by atoms with Crippen molar-refractivity contribution in [2.24, 2.45) is 5.92 Å². The van der Waals surface area contributed by atoms with Crippen molar-refractivity contribution in [1.29, 1.82) is 0 Å². The van der Waals surface area contributed by atoms with Crippen LogP contribution in [0.1, 0.15) is 18.5 Å². The van der Waals surface area contributed by atoms with Crippen molar-refractivity contribution in [1.82, 2.24) is 9.88 Å². The van der Waals surface area contributed by atoms with Crippen LogP contribution in [0.2, 0.25) is 0 Å². The molecule has 1 aliphatic heterocycles. The maximum atomic E-state index is 4.65. The summed E-state index contributed by atoms with van der Waals surface area (Å²) in [5, 5.41) is 4.86. The predicted molar refractivity (Wildman–Crippen MR) is 92.9 cm³/mol. The van der Waals surface area contributed by atoms with Crippen molar-refractivity contribution in [3.8, 4) is 0 Å². The molecule has 112 valence electrons. The molecule has 1 aromatic carbocycles. The maximum Gasteiger partial charge on any atom is 0.0867 e. The molecule has 2 aromatic rings. The molecule has 0 spiro atoms. The lowest BCUT2D eigenvalue weighted by atomic mass is 9.97. The number of hydrogen-bond donors (Lipinski definition) is 1. The minimum absolute atomic E-state index is 0.775. The Bertz CT molecular complexity index is 633. The van der Waals surface area contributed by atoms with Gasteiger partial charge in [0.1, 0.15) is 0 Å². The summed E-state index contributed by atoms with van der Waals surface area (Å²) in [4.78, 5) is 7.06. The van der Waals surface area contributed by atoms with Gasteiger partial charge in [0.2, 0.25) is 0 Å². The van der Waals surface area contributed by atoms with Crippen LogP contribution in [0.4, 0.5) is 5.69 Å². The lowest BCUT2D eigenvalue weighted by Crippen LogP contribution is -2.32. The highest BCUT2D eigenvalue weighted by molar-refractivity contribution is 9.10. The number of rotatable bonds is 3. The molecule has 0 amide bonds. The van der Waals surface area contributed by atoms with Crippen molar-refractivity contribution in [2.45, 2.75) is 19.8 Å². The van der Waals surface area contributed by atoms with Gasteiger partial charge < -0.3 is 10.2 Å². The molecule has 3 nitrogen and oxygen atoms in total. The Morgan fingerprint density at radius 1 is 1.33 bits per heavy atom. The number of likely N-dealkylation sites (tertiary alicyclic amines) is 1. The van der Waals surface area contributed by atoms with Crippen LogP contribution >= 0.6 is 15.9 Å². The predicted octanol–water partition coefficient (Wildman–Crippen LogP) is 4.06. The van der Waals surface area contributed by atoms with E-state index in [1.165, 1.54) is 37.0 Å². The fourth-order valence-corrected chi connectivity index (χ4v) is 3.46. The van der Waals surface area contributed by atoms with Crippen LogP contribution in [0.3, 0.4) is 0 Å². The van der Waals surface area contributed by atoms with Gasteiger partial charge in [-0.3, -0.25) is 4.98 Å². The van der Waals surface area contributed by atoms with E-state index in [0.29, 0.717) is 0 Å². The molecule has 0 radical (unpaired) electrons. The van der Waals surface area contributed by atoms with Gasteiger partial charge in [-0.05, 0) is 73.9 Å². The fourth-order valence-electron chi connectivity index (χ4n) is 3.01. The van der Waals surface area contributed by atoms with E-state index in [1.807, 2.05) is 0 Å². The highest BCUT2D eigenvalue weighted by Gasteiger charge is 2.16. The summed E-state index contributed by atoms with van der Waals surface area (Å²) in [6.45, 7) is 5.54. The Labute approximate surface area is 134 Å². The number of benzene rings is 1. The summed E-state index contributed by atoms with van der Waals surface area (Å²) in [6.07, 6.45) is 2.57. The molecular formula is C17H22BrN3. The van der Waals surface area contributed by atoms with E-state index < -0.39 is 0 Å². The first kappa shape index (κ1) is 14.8. The van der Waals surface area contributed by atoms with E-state index >= 15 is 0 Å². The third-order valence-corrected chi connectivity index (χ3v) is 4.98. The molecule has 1 aliphatic rings. The van der Waals surface area contributed by atoms with E-state index in [-0.39, 0.29) is 0 Å². The fraction of sp³-hybridized carbons (Fsp3) is 0.471. The van der Waals surface area contributed by atoms with Gasteiger partial charge in [-0.15, -0.1) is 0 Å². The Morgan fingerprint density at radius 3 is 2.86 bits per heavy atom. The zero-order chi connectivity index (χ0) is 14.8. The van der Waals surface area contributed by atoms with Crippen LogP contribution in [0, 0.1) is 12.8 Å². The first-order chi connectivity index (χ1) is 10.1. The van der Waals surface area contributed by atoms with E-state index in [0.717, 1.165) is 28.1 Å². The number of nitrogens with zero attached hydrogens (tertiary/aromatic N) is 2. The summed E-state index contributed by atoms with van der Waals surface area (Å²) in [6, 6.07) is 8.42. The first-order valence-electron chi connectivity index (χ1n) is 7.62. The number of aryl methyl sites for hydroxylation is 1. The second-order valence-electron chi connectivity index (χ2n) is 6.07. The molecule has 1 fully saturated rings. The lowest BCUT2D eigenvalue weighted by Gasteiger charge is -2.29. The van der Waals surface area contributed by atoms with Gasteiger partial charge in [-0.2, -0.15) is 0 Å². The van der Waals surface area contributed by atoms with Crippen LogP contribution < -0.4 is 5.32 Å². The average Bonchev–Trinajstić information content (AvgIpc) is 2.47. The van der Waals surface area contributed by atoms with Crippen LogP contribution in [0.25, 0.3) is 10.9 Å². The SMILES string of the molecule is Cc1cc(NCC2CCN(C)CC2)c2cccc(Br)c2n1. The number of pyridine rings is 1. The number of piperidine rings is 1. The van der Waals surface area contributed by atoms with E-state index in [9.17, 15) is 0 Å². The van der Waals surface area contributed by atoms with Crippen LogP contribution in [-0.2, 0) is 0 Å². The minimum Gasteiger partial charge on any atom is -0.384 e. The van der Waals surface area contributed by atoms with E-state index in [2.05, 4.69) is 69.4 Å². The van der Waals surface area contributed by atoms with Gasteiger partial charge in [-0.1, -0.05) is 12.1 Å². The number of anilines is 1. The van der Waals surface area contributed by atoms with Crippen molar-refractivity contribution in [3.63, 3.8) is 0 Å². The second-order valence-corrected chi connectivity index (χ2v) is 6.93. The number of para-hydroxylation sites is 1. The first-order valence-corrected chi connectivity index (χ1v) is 8.41. The van der Waals surface area contributed by atoms with Gasteiger partial charge in [0.05, 0.1) is 5.52 Å². The van der Waals surface area contributed by atoms with Gasteiger partial charge in [0, 0.05) is 27.8 Å². The van der Waals surface area contributed by atoms with Crippen LogP contribution in [0.5, 0.6) is 0 Å². The average molecular weight is 348 g/mol. The monoisotopic (exact) mass is 347 g/mol. The maximum absolute atomic E-state index is 4.65. The van der Waals surface area contributed by atoms with E-state index in [1.54, 1.807) is 0 Å². The highest BCUT2D eigenvalue weighted by atomic mass is 79.9. The summed E-state index contributed by atoms with van der Waals surface area (Å²) in [5.74, 6) is 0.775. The molecule has 4 heteroatoms. The van der Waals surface area contributed by atoms with Gasteiger partial charge >= 0.3 is 0 Å². The second kappa shape index (κ2) is 6.32. The zero-order valence-electron chi connectivity index (χ0n) is 12.7. The molecule has 1 saturated heterocycles. The molecule has 0 unspecified atom stereocenters. The normalized spacial score (nSPS) is 17.3. The number of halogens is 1. The van der Waals surface area contributed by atoms with Gasteiger partial charge in [0.25, 0.3) is 0 Å². The molecule has 0 atom stereocenters. The number of hydrogen-bond acceptors (Lipinski definition) is 3. The molecule has 21 heavy (non-hydrogen) atoms. The minimum atomic E-state index is 0.775. The number of nitrogens with one attached hydrogen (secondary N) is 1. The zero-order valence-corrected chi connectivity index (χ0v) is 14.3. The Hall–Kier alpha value is -1.13. The molecule has 0 aliphatic carbocycles. The van der Waals surface area contributed by atoms with Crippen LogP contribution in [-0.4, -0.2) is 36.6 Å². The number of fused-ring (bicyclic) bond motifs is 1. The molecule has 1 N–H and O–H groups in total. The Kier molecular flexibility index (Phi) is 4.45. The van der Waals surface area contributed by atoms with Crippen molar-refractivity contribution >= 4 is 32.5 Å². The molecule has 0 bridgehead atoms. The molecule has 1 aromatic heterocycles. The summed E-state index contributed by atoms with van der Waals surface area (Å²) >= 11 is 3.60. The summed E-state index contributed by atoms with van der Waals surface area (Å²) < 4.78 is 1.06. The van der Waals surface area contributed by atoms with Gasteiger partial charge in [-0.25, -0.2) is 0 Å². The largest absolute Gasteiger partial charge is 0.384 e. The summed E-state index contributed by atoms with van der Waals surface area (Å²) in [7, 11) is 2.21. The summed E-state index contributed by atoms with van der Waals surface area (Å²) in [5.41, 5.74) is 3.31. The van der Waals surface area contributed by atoms with Crippen molar-refractivity contribution in [3.05, 3.63) is 34.4 Å².